The largest absolute Gasteiger partial charge is 0.396 e. The highest BCUT2D eigenvalue weighted by atomic mass is 35.5. The van der Waals surface area contributed by atoms with Crippen LogP contribution in [0.1, 0.15) is 80.8 Å². The molecule has 132 valence electrons. The second kappa shape index (κ2) is 13.6. The number of halogens is 1. The summed E-state index contributed by atoms with van der Waals surface area (Å²) >= 11 is 0. The Kier molecular flexibility index (Phi) is 13.1. The fraction of sp³-hybridized carbons (Fsp3) is 0.650. The topological polar surface area (TPSA) is 33.1 Å². The summed E-state index contributed by atoms with van der Waals surface area (Å²) in [6, 6.07) is 2.15. The molecule has 0 aliphatic carbocycles. The molecule has 2 nitrogen and oxygen atoms in total. The molecular formula is C20H34ClNO. The second-order valence-electron chi connectivity index (χ2n) is 6.23. The Balaban J connectivity index is 0.00000484. The smallest absolute Gasteiger partial charge is 0.0482 e. The number of rotatable bonds is 11. The van der Waals surface area contributed by atoms with Crippen LogP contribution in [0.15, 0.2) is 12.1 Å². The lowest BCUT2D eigenvalue weighted by Crippen LogP contribution is -2.00. The Bertz CT molecular complexity index is 457. The summed E-state index contributed by atoms with van der Waals surface area (Å²) < 4.78 is 0. The van der Waals surface area contributed by atoms with Gasteiger partial charge in [0.2, 0.25) is 0 Å². The predicted molar refractivity (Wildman–Crippen MR) is 103 cm³/mol. The fourth-order valence-corrected chi connectivity index (χ4v) is 2.83. The lowest BCUT2D eigenvalue weighted by molar-refractivity contribution is 0.288. The van der Waals surface area contributed by atoms with Gasteiger partial charge in [-0.3, -0.25) is 4.98 Å². The van der Waals surface area contributed by atoms with Gasteiger partial charge in [-0.1, -0.05) is 51.2 Å². The van der Waals surface area contributed by atoms with E-state index in [9.17, 15) is 0 Å². The highest BCUT2D eigenvalue weighted by Crippen LogP contribution is 2.18. The average Bonchev–Trinajstić information content (AvgIpc) is 2.49. The van der Waals surface area contributed by atoms with E-state index < -0.39 is 0 Å². The van der Waals surface area contributed by atoms with Crippen LogP contribution in [0.5, 0.6) is 0 Å². The number of pyridine rings is 1. The van der Waals surface area contributed by atoms with E-state index >= 15 is 0 Å². The third-order valence-electron chi connectivity index (χ3n) is 4.05. The van der Waals surface area contributed by atoms with Gasteiger partial charge in [-0.15, -0.1) is 12.4 Å². The van der Waals surface area contributed by atoms with Gasteiger partial charge in [0.05, 0.1) is 0 Å². The van der Waals surface area contributed by atoms with Crippen molar-refractivity contribution in [2.24, 2.45) is 0 Å². The highest BCUT2D eigenvalue weighted by molar-refractivity contribution is 5.85. The van der Waals surface area contributed by atoms with Gasteiger partial charge in [-0.25, -0.2) is 0 Å². The Labute approximate surface area is 148 Å². The first-order valence-corrected chi connectivity index (χ1v) is 8.93. The molecule has 0 aliphatic rings. The molecule has 0 atom stereocenters. The van der Waals surface area contributed by atoms with Crippen molar-refractivity contribution < 1.29 is 5.11 Å². The molecule has 0 saturated carbocycles. The van der Waals surface area contributed by atoms with E-state index in [0.29, 0.717) is 0 Å². The molecular weight excluding hydrogens is 306 g/mol. The maximum absolute atomic E-state index is 9.05. The predicted octanol–water partition coefficient (Wildman–Crippen LogP) is 5.81. The number of hydrogen-bond acceptors (Lipinski definition) is 2. The van der Waals surface area contributed by atoms with Crippen molar-refractivity contribution in [1.82, 2.24) is 4.98 Å². The highest BCUT2D eigenvalue weighted by Gasteiger charge is 2.06. The summed E-state index contributed by atoms with van der Waals surface area (Å²) in [6.07, 6.45) is 15.4. The van der Waals surface area contributed by atoms with Crippen molar-refractivity contribution in [3.63, 3.8) is 0 Å². The van der Waals surface area contributed by atoms with E-state index in [0.717, 1.165) is 30.7 Å². The Morgan fingerprint density at radius 3 is 2.43 bits per heavy atom. The third-order valence-corrected chi connectivity index (χ3v) is 4.05. The van der Waals surface area contributed by atoms with E-state index in [-0.39, 0.29) is 19.0 Å². The quantitative estimate of drug-likeness (QED) is 0.516. The van der Waals surface area contributed by atoms with E-state index in [2.05, 4.69) is 37.0 Å². The molecule has 0 spiro atoms. The number of aliphatic hydroxyl groups is 1. The van der Waals surface area contributed by atoms with Crippen molar-refractivity contribution >= 4 is 18.5 Å². The summed E-state index contributed by atoms with van der Waals surface area (Å²) in [5.74, 6) is 0. The Hall–Kier alpha value is -0.860. The summed E-state index contributed by atoms with van der Waals surface area (Å²) in [5.41, 5.74) is 4.74. The molecule has 0 fully saturated rings. The normalized spacial score (nSPS) is 11.0. The molecule has 1 heterocycles. The van der Waals surface area contributed by atoms with Crippen LogP contribution in [0.4, 0.5) is 0 Å². The average molecular weight is 340 g/mol. The van der Waals surface area contributed by atoms with Crippen LogP contribution in [0.2, 0.25) is 0 Å². The van der Waals surface area contributed by atoms with Gasteiger partial charge in [-0.2, -0.15) is 0 Å². The van der Waals surface area contributed by atoms with Gasteiger partial charge in [0.1, 0.15) is 0 Å². The van der Waals surface area contributed by atoms with Gasteiger partial charge >= 0.3 is 0 Å². The van der Waals surface area contributed by atoms with Crippen LogP contribution in [0.25, 0.3) is 6.08 Å². The van der Waals surface area contributed by atoms with Crippen molar-refractivity contribution in [3.8, 4) is 0 Å². The monoisotopic (exact) mass is 339 g/mol. The summed E-state index contributed by atoms with van der Waals surface area (Å²) in [5, 5.41) is 9.05. The molecule has 1 N–H and O–H groups in total. The molecule has 0 radical (unpaired) electrons. The number of aliphatic hydroxyl groups excluding tert-OH is 1. The zero-order chi connectivity index (χ0) is 16.2. The van der Waals surface area contributed by atoms with Gasteiger partial charge in [0, 0.05) is 18.0 Å². The first-order chi connectivity index (χ1) is 10.7. The van der Waals surface area contributed by atoms with E-state index in [1.54, 1.807) is 0 Å². The maximum atomic E-state index is 9.05. The minimum Gasteiger partial charge on any atom is -0.396 e. The van der Waals surface area contributed by atoms with Crippen LogP contribution in [0.3, 0.4) is 0 Å². The van der Waals surface area contributed by atoms with Crippen LogP contribution >= 0.6 is 12.4 Å². The molecule has 1 rings (SSSR count). The van der Waals surface area contributed by atoms with Crippen molar-refractivity contribution in [2.45, 2.75) is 78.6 Å². The minimum absolute atomic E-state index is 0. The lowest BCUT2D eigenvalue weighted by atomic mass is 10.0. The zero-order valence-corrected chi connectivity index (χ0v) is 15.9. The van der Waals surface area contributed by atoms with E-state index in [4.69, 9.17) is 5.11 Å². The van der Waals surface area contributed by atoms with Gasteiger partial charge < -0.3 is 5.11 Å². The first-order valence-electron chi connectivity index (χ1n) is 8.93. The maximum Gasteiger partial charge on any atom is 0.0482 e. The molecule has 0 amide bonds. The number of hydrogen-bond donors (Lipinski definition) is 1. The van der Waals surface area contributed by atoms with Gasteiger partial charge in [0.25, 0.3) is 0 Å². The van der Waals surface area contributed by atoms with Crippen molar-refractivity contribution in [2.75, 3.05) is 6.61 Å². The molecule has 0 saturated heterocycles. The SMILES string of the molecule is CCCCCCCC/C=C/c1c(C)cc(C)nc1CCCO.Cl. The Morgan fingerprint density at radius 1 is 1.04 bits per heavy atom. The number of nitrogens with zero attached hydrogens (tertiary/aromatic N) is 1. The van der Waals surface area contributed by atoms with Crippen molar-refractivity contribution in [3.05, 3.63) is 34.7 Å². The number of aromatic nitrogens is 1. The van der Waals surface area contributed by atoms with Crippen LogP contribution < -0.4 is 0 Å². The molecule has 3 heteroatoms. The molecule has 0 aromatic carbocycles. The second-order valence-corrected chi connectivity index (χ2v) is 6.23. The zero-order valence-electron chi connectivity index (χ0n) is 15.1. The molecule has 1 aromatic heterocycles. The summed E-state index contributed by atoms with van der Waals surface area (Å²) in [6.45, 7) is 6.69. The van der Waals surface area contributed by atoms with Crippen LogP contribution in [0, 0.1) is 13.8 Å². The summed E-state index contributed by atoms with van der Waals surface area (Å²) in [4.78, 5) is 4.66. The molecule has 23 heavy (non-hydrogen) atoms. The van der Waals surface area contributed by atoms with Gasteiger partial charge in [0.15, 0.2) is 0 Å². The molecule has 1 aromatic rings. The molecule has 0 unspecified atom stereocenters. The van der Waals surface area contributed by atoms with Crippen LogP contribution in [-0.2, 0) is 6.42 Å². The standard InChI is InChI=1S/C20H33NO.ClH/c1-4-5-6-7-8-9-10-11-13-19-17(2)16-18(3)21-20(19)14-12-15-22;/h11,13,16,22H,4-10,12,14-15H2,1-3H3;1H/b13-11+;. The van der Waals surface area contributed by atoms with Crippen LogP contribution in [-0.4, -0.2) is 16.7 Å². The van der Waals surface area contributed by atoms with Gasteiger partial charge in [-0.05, 0) is 56.7 Å². The molecule has 0 aliphatic heterocycles. The van der Waals surface area contributed by atoms with E-state index in [1.165, 1.54) is 49.7 Å². The first kappa shape index (κ1) is 22.1. The number of unbranched alkanes of at least 4 members (excludes halogenated alkanes) is 6. The minimum atomic E-state index is 0. The lowest BCUT2D eigenvalue weighted by Gasteiger charge is -2.09. The third kappa shape index (κ3) is 9.12. The van der Waals surface area contributed by atoms with E-state index in [1.807, 2.05) is 6.92 Å². The molecule has 0 bridgehead atoms. The Morgan fingerprint density at radius 2 is 1.74 bits per heavy atom. The number of aryl methyl sites for hydroxylation is 3. The summed E-state index contributed by atoms with van der Waals surface area (Å²) in [7, 11) is 0. The fourth-order valence-electron chi connectivity index (χ4n) is 2.83. The number of allylic oxidation sites excluding steroid dienone is 1. The van der Waals surface area contributed by atoms with Crippen molar-refractivity contribution in [1.29, 1.82) is 0 Å².